The van der Waals surface area contributed by atoms with Gasteiger partial charge in [0.2, 0.25) is 11.8 Å². The number of hydrogen-bond acceptors (Lipinski definition) is 10. The molecule has 12 nitrogen and oxygen atoms in total. The Balaban J connectivity index is 0.793. The van der Waals surface area contributed by atoms with Crippen molar-refractivity contribution in [2.24, 2.45) is 5.92 Å². The van der Waals surface area contributed by atoms with Gasteiger partial charge in [-0.25, -0.2) is 4.98 Å². The van der Waals surface area contributed by atoms with Crippen LogP contribution in [0.2, 0.25) is 0 Å². The fraction of sp³-hybridized carbons (Fsp3) is 0.463. The third-order valence-electron chi connectivity index (χ3n) is 12.3. The van der Waals surface area contributed by atoms with Gasteiger partial charge in [0, 0.05) is 93.4 Å². The number of ether oxygens (including phenoxy) is 2. The first-order chi connectivity index (χ1) is 25.8. The van der Waals surface area contributed by atoms with E-state index in [1.165, 1.54) is 55.3 Å². The van der Waals surface area contributed by atoms with E-state index in [0.29, 0.717) is 59.1 Å². The third kappa shape index (κ3) is 6.41. The Morgan fingerprint density at radius 3 is 2.26 bits per heavy atom. The monoisotopic (exact) mass is 717 g/mol. The number of carbonyl (C=O) groups excluding carboxylic acids is 2. The molecular formula is C41H47N7O5. The third-order valence-corrected chi connectivity index (χ3v) is 12.3. The molecule has 3 atom stereocenters. The maximum Gasteiger partial charge on any atom is 0.262 e. The van der Waals surface area contributed by atoms with Crippen molar-refractivity contribution >= 4 is 34.1 Å². The summed E-state index contributed by atoms with van der Waals surface area (Å²) in [5, 5.41) is 2.93. The van der Waals surface area contributed by atoms with E-state index in [4.69, 9.17) is 14.5 Å². The van der Waals surface area contributed by atoms with Crippen molar-refractivity contribution in [1.82, 2.24) is 25.1 Å². The molecule has 0 saturated carbocycles. The molecule has 4 saturated heterocycles. The summed E-state index contributed by atoms with van der Waals surface area (Å²) in [5.74, 6) is 1.92. The Hall–Kier alpha value is -4.94. The molecule has 0 radical (unpaired) electrons. The van der Waals surface area contributed by atoms with Crippen LogP contribution >= 0.6 is 0 Å². The van der Waals surface area contributed by atoms with Gasteiger partial charge in [-0.1, -0.05) is 6.07 Å². The van der Waals surface area contributed by atoms with E-state index in [9.17, 15) is 14.4 Å². The number of aromatic nitrogens is 2. The minimum atomic E-state index is -0.242. The smallest absolute Gasteiger partial charge is 0.262 e. The number of anilines is 2. The van der Waals surface area contributed by atoms with Crippen molar-refractivity contribution in [3.63, 3.8) is 0 Å². The Morgan fingerprint density at radius 1 is 0.811 bits per heavy atom. The fourth-order valence-corrected chi connectivity index (χ4v) is 9.58. The molecule has 3 unspecified atom stereocenters. The van der Waals surface area contributed by atoms with Crippen molar-refractivity contribution < 1.29 is 19.1 Å². The summed E-state index contributed by atoms with van der Waals surface area (Å²) in [6.45, 7) is 6.99. The Labute approximate surface area is 309 Å². The molecule has 2 amide bonds. The van der Waals surface area contributed by atoms with Crippen LogP contribution in [0, 0.1) is 5.92 Å². The quantitative estimate of drug-likeness (QED) is 0.255. The number of fused-ring (bicyclic) bond motifs is 4. The molecule has 6 heterocycles. The van der Waals surface area contributed by atoms with Gasteiger partial charge >= 0.3 is 0 Å². The van der Waals surface area contributed by atoms with Gasteiger partial charge in [-0.3, -0.25) is 29.5 Å². The number of methoxy groups -OCH3 is 2. The highest BCUT2D eigenvalue weighted by atomic mass is 16.5. The predicted molar refractivity (Wildman–Crippen MR) is 203 cm³/mol. The number of imide groups is 1. The van der Waals surface area contributed by atoms with Crippen LogP contribution in [0.15, 0.2) is 59.4 Å². The lowest BCUT2D eigenvalue weighted by atomic mass is 9.95. The molecule has 2 N–H and O–H groups in total. The van der Waals surface area contributed by atoms with Gasteiger partial charge in [0.1, 0.15) is 22.7 Å². The van der Waals surface area contributed by atoms with E-state index in [0.717, 1.165) is 51.4 Å². The van der Waals surface area contributed by atoms with Crippen LogP contribution < -0.4 is 30.1 Å². The van der Waals surface area contributed by atoms with Gasteiger partial charge in [0.05, 0.1) is 25.8 Å². The lowest BCUT2D eigenvalue weighted by molar-refractivity contribution is -0.137. The largest absolute Gasteiger partial charge is 0.497 e. The summed E-state index contributed by atoms with van der Waals surface area (Å²) < 4.78 is 10.8. The highest BCUT2D eigenvalue weighted by molar-refractivity contribution is 6.00. The number of aromatic amines is 1. The molecule has 5 aliphatic rings. The Bertz CT molecular complexity index is 2100. The predicted octanol–water partition coefficient (Wildman–Crippen LogP) is 4.30. The van der Waals surface area contributed by atoms with Gasteiger partial charge < -0.3 is 24.3 Å². The number of nitrogens with one attached hydrogen (secondary N) is 2. The van der Waals surface area contributed by atoms with Crippen molar-refractivity contribution in [3.05, 3.63) is 76.1 Å². The molecule has 276 valence electrons. The lowest BCUT2D eigenvalue weighted by Gasteiger charge is -2.44. The van der Waals surface area contributed by atoms with Crippen LogP contribution in [0.1, 0.15) is 49.7 Å². The Morgan fingerprint density at radius 2 is 1.55 bits per heavy atom. The van der Waals surface area contributed by atoms with Crippen LogP contribution in [0.5, 0.6) is 11.5 Å². The molecule has 2 bridgehead atoms. The average molecular weight is 718 g/mol. The molecule has 0 aliphatic carbocycles. The van der Waals surface area contributed by atoms with Crippen molar-refractivity contribution in [1.29, 1.82) is 0 Å². The summed E-state index contributed by atoms with van der Waals surface area (Å²) in [6, 6.07) is 19.6. The van der Waals surface area contributed by atoms with E-state index in [1.807, 2.05) is 12.1 Å². The number of piperazine rings is 1. The zero-order valence-corrected chi connectivity index (χ0v) is 30.5. The minimum Gasteiger partial charge on any atom is -0.497 e. The summed E-state index contributed by atoms with van der Waals surface area (Å²) in [5.41, 5.74) is 6.28. The molecule has 4 aromatic rings. The Kier molecular flexibility index (Phi) is 8.82. The molecule has 12 heteroatoms. The van der Waals surface area contributed by atoms with Gasteiger partial charge in [-0.2, -0.15) is 0 Å². The van der Waals surface area contributed by atoms with Gasteiger partial charge in [-0.15, -0.1) is 0 Å². The van der Waals surface area contributed by atoms with Crippen molar-refractivity contribution in [3.8, 4) is 22.9 Å². The molecule has 0 spiro atoms. The maximum atomic E-state index is 13.0. The summed E-state index contributed by atoms with van der Waals surface area (Å²) >= 11 is 0. The topological polar surface area (TPSA) is 123 Å². The first-order valence-electron chi connectivity index (χ1n) is 19.0. The number of hydrogen-bond donors (Lipinski definition) is 2. The molecule has 3 aromatic carbocycles. The first-order valence-corrected chi connectivity index (χ1v) is 19.0. The summed E-state index contributed by atoms with van der Waals surface area (Å²) in [7, 11) is 3.12. The van der Waals surface area contributed by atoms with Crippen LogP contribution in [0.3, 0.4) is 0 Å². The normalized spacial score (nSPS) is 23.8. The molecular weight excluding hydrogens is 670 g/mol. The summed E-state index contributed by atoms with van der Waals surface area (Å²) in [6.07, 6.45) is 5.84. The number of likely N-dealkylation sites (tertiary alicyclic amines) is 1. The van der Waals surface area contributed by atoms with E-state index >= 15 is 0 Å². The van der Waals surface area contributed by atoms with Crippen molar-refractivity contribution in [2.45, 2.75) is 69.7 Å². The fourth-order valence-electron chi connectivity index (χ4n) is 9.58. The summed E-state index contributed by atoms with van der Waals surface area (Å²) in [4.78, 5) is 55.0. The van der Waals surface area contributed by atoms with Crippen molar-refractivity contribution in [2.75, 3.05) is 56.7 Å². The minimum absolute atomic E-state index is 0.151. The van der Waals surface area contributed by atoms with E-state index in [2.05, 4.69) is 60.2 Å². The number of carbonyl (C=O) groups is 2. The number of nitrogens with zero attached hydrogens (tertiary/aromatic N) is 5. The SMILES string of the molecule is COc1cc(OC)c2c(=O)[nH]c(-c3ccc(N4CCC(CN5CC6CCC(C5)N6c5ccc6c(c5)CN(C5CCC(=O)NC5=O)C6)CC4)cc3)nc2c1. The zero-order valence-electron chi connectivity index (χ0n) is 30.5. The molecule has 1 aromatic heterocycles. The van der Waals surface area contributed by atoms with E-state index in [-0.39, 0.29) is 23.4 Å². The number of piperidine rings is 2. The maximum absolute atomic E-state index is 13.0. The average Bonchev–Trinajstić information content (AvgIpc) is 3.71. The van der Waals surface area contributed by atoms with Crippen LogP contribution in [-0.2, 0) is 22.7 Å². The molecule has 53 heavy (non-hydrogen) atoms. The first kappa shape index (κ1) is 33.9. The van der Waals surface area contributed by atoms with Crippen LogP contribution in [0.25, 0.3) is 22.3 Å². The van der Waals surface area contributed by atoms with E-state index in [1.54, 1.807) is 19.2 Å². The van der Waals surface area contributed by atoms with Gasteiger partial charge in [0.25, 0.3) is 5.56 Å². The second-order valence-corrected chi connectivity index (χ2v) is 15.5. The standard InChI is InChI=1S/C41H47N7O5/c1-52-33-18-34-38(36(19-33)53-2)41(51)44-39(42-34)26-3-6-29(7-4-26)46-15-13-25(14-16-46)20-45-23-31-9-10-32(24-45)48(31)30-8-5-27-21-47(22-28(27)17-30)35-11-12-37(49)43-40(35)50/h3-8,17-19,25,31-32,35H,9-16,20-24H2,1-2H3,(H,42,44,51)(H,43,49,50). The molecule has 9 rings (SSSR count). The van der Waals surface area contributed by atoms with Crippen LogP contribution in [-0.4, -0.2) is 96.7 Å². The second kappa shape index (κ2) is 13.8. The number of rotatable bonds is 8. The number of amides is 2. The zero-order chi connectivity index (χ0) is 36.2. The molecule has 4 fully saturated rings. The van der Waals surface area contributed by atoms with Gasteiger partial charge in [-0.05, 0) is 85.5 Å². The molecule has 5 aliphatic heterocycles. The number of H-pyrrole nitrogens is 1. The highest BCUT2D eigenvalue weighted by Crippen LogP contribution is 2.39. The highest BCUT2D eigenvalue weighted by Gasteiger charge is 2.41. The van der Waals surface area contributed by atoms with Gasteiger partial charge in [0.15, 0.2) is 0 Å². The lowest BCUT2D eigenvalue weighted by Crippen LogP contribution is -2.55. The second-order valence-electron chi connectivity index (χ2n) is 15.5. The number of benzene rings is 3. The van der Waals surface area contributed by atoms with E-state index < -0.39 is 0 Å². The van der Waals surface area contributed by atoms with Crippen LogP contribution in [0.4, 0.5) is 11.4 Å².